The Balaban J connectivity index is 2.68. The van der Waals surface area contributed by atoms with Gasteiger partial charge < -0.3 is 9.73 Å². The van der Waals surface area contributed by atoms with E-state index in [9.17, 15) is 0 Å². The van der Waals surface area contributed by atoms with Crippen molar-refractivity contribution in [2.24, 2.45) is 5.41 Å². The lowest BCUT2D eigenvalue weighted by atomic mass is 9.78. The Bertz CT molecular complexity index is 304. The van der Waals surface area contributed by atoms with Gasteiger partial charge in [0.1, 0.15) is 5.76 Å². The molecule has 0 saturated heterocycles. The fourth-order valence-electron chi connectivity index (χ4n) is 2.05. The smallest absolute Gasteiger partial charge is 0.104 e. The maximum Gasteiger partial charge on any atom is 0.104 e. The van der Waals surface area contributed by atoms with Gasteiger partial charge in [-0.3, -0.25) is 0 Å². The summed E-state index contributed by atoms with van der Waals surface area (Å²) >= 11 is 0. The third-order valence-electron chi connectivity index (χ3n) is 3.62. The van der Waals surface area contributed by atoms with Crippen LogP contribution in [-0.4, -0.2) is 12.1 Å². The molecule has 1 aromatic rings. The minimum absolute atomic E-state index is 0.179. The molecular formula is C15H27NO. The summed E-state index contributed by atoms with van der Waals surface area (Å²) in [4.78, 5) is 0. The Labute approximate surface area is 106 Å². The summed E-state index contributed by atoms with van der Waals surface area (Å²) in [5.41, 5.74) is 0.490. The third kappa shape index (κ3) is 4.55. The van der Waals surface area contributed by atoms with Crippen LogP contribution in [0.25, 0.3) is 0 Å². The molecule has 0 unspecified atom stereocenters. The molecule has 1 aromatic heterocycles. The van der Waals surface area contributed by atoms with Crippen molar-refractivity contribution in [2.45, 2.75) is 59.4 Å². The first kappa shape index (κ1) is 14.3. The zero-order chi connectivity index (χ0) is 12.9. The second kappa shape index (κ2) is 5.72. The quantitative estimate of drug-likeness (QED) is 0.808. The fourth-order valence-corrected chi connectivity index (χ4v) is 2.05. The Hall–Kier alpha value is -0.760. The van der Waals surface area contributed by atoms with E-state index < -0.39 is 0 Å². The van der Waals surface area contributed by atoms with E-state index in [-0.39, 0.29) is 5.54 Å². The van der Waals surface area contributed by atoms with Gasteiger partial charge in [-0.1, -0.05) is 13.8 Å². The maximum atomic E-state index is 5.50. The minimum atomic E-state index is 0.179. The lowest BCUT2D eigenvalue weighted by Crippen LogP contribution is -2.44. The van der Waals surface area contributed by atoms with Crippen LogP contribution < -0.4 is 5.32 Å². The fraction of sp³-hybridized carbons (Fsp3) is 0.733. The van der Waals surface area contributed by atoms with Crippen LogP contribution in [-0.2, 0) is 6.42 Å². The second-order valence-corrected chi connectivity index (χ2v) is 6.07. The van der Waals surface area contributed by atoms with E-state index in [1.165, 1.54) is 12.8 Å². The van der Waals surface area contributed by atoms with E-state index in [0.717, 1.165) is 18.7 Å². The number of hydrogen-bond acceptors (Lipinski definition) is 2. The first-order valence-corrected chi connectivity index (χ1v) is 6.68. The van der Waals surface area contributed by atoms with Crippen LogP contribution in [0.2, 0.25) is 0 Å². The van der Waals surface area contributed by atoms with Crippen molar-refractivity contribution in [3.8, 4) is 0 Å². The summed E-state index contributed by atoms with van der Waals surface area (Å²) in [7, 11) is 0. The van der Waals surface area contributed by atoms with Crippen molar-refractivity contribution >= 4 is 0 Å². The second-order valence-electron chi connectivity index (χ2n) is 6.07. The highest BCUT2D eigenvalue weighted by Gasteiger charge is 2.29. The summed E-state index contributed by atoms with van der Waals surface area (Å²) in [6, 6.07) is 4.06. The molecule has 0 aliphatic rings. The van der Waals surface area contributed by atoms with Gasteiger partial charge in [-0.2, -0.15) is 0 Å². The van der Waals surface area contributed by atoms with Gasteiger partial charge in [-0.15, -0.1) is 0 Å². The van der Waals surface area contributed by atoms with Crippen LogP contribution in [0.1, 0.15) is 53.2 Å². The first-order valence-electron chi connectivity index (χ1n) is 6.68. The third-order valence-corrected chi connectivity index (χ3v) is 3.62. The Morgan fingerprint density at radius 3 is 2.24 bits per heavy atom. The number of rotatable bonds is 6. The normalized spacial score (nSPS) is 13.0. The highest BCUT2D eigenvalue weighted by molar-refractivity contribution is 5.03. The van der Waals surface area contributed by atoms with E-state index in [1.54, 1.807) is 6.26 Å². The molecule has 0 saturated carbocycles. The summed E-state index contributed by atoms with van der Waals surface area (Å²) in [5, 5.41) is 3.64. The van der Waals surface area contributed by atoms with Gasteiger partial charge in [0, 0.05) is 18.5 Å². The van der Waals surface area contributed by atoms with Gasteiger partial charge in [0.15, 0.2) is 0 Å². The summed E-state index contributed by atoms with van der Waals surface area (Å²) < 4.78 is 5.50. The van der Waals surface area contributed by atoms with E-state index >= 15 is 0 Å². The van der Waals surface area contributed by atoms with E-state index in [2.05, 4.69) is 46.0 Å². The molecule has 0 amide bonds. The van der Waals surface area contributed by atoms with Crippen molar-refractivity contribution in [3.63, 3.8) is 0 Å². The van der Waals surface area contributed by atoms with Crippen LogP contribution >= 0.6 is 0 Å². The van der Waals surface area contributed by atoms with Crippen molar-refractivity contribution in [3.05, 3.63) is 24.2 Å². The van der Waals surface area contributed by atoms with Crippen LogP contribution in [0.5, 0.6) is 0 Å². The van der Waals surface area contributed by atoms with Gasteiger partial charge in [-0.05, 0) is 51.2 Å². The van der Waals surface area contributed by atoms with Gasteiger partial charge in [0.25, 0.3) is 0 Å². The van der Waals surface area contributed by atoms with Crippen LogP contribution in [0.3, 0.4) is 0 Å². The molecule has 1 N–H and O–H groups in total. The Morgan fingerprint density at radius 2 is 1.82 bits per heavy atom. The van der Waals surface area contributed by atoms with Crippen LogP contribution in [0.4, 0.5) is 0 Å². The standard InChI is InChI=1S/C15H27NO/c1-6-15(7-2,12-16-14(3,4)5)11-13-9-8-10-17-13/h8-10,16H,6-7,11-12H2,1-5H3. The van der Waals surface area contributed by atoms with Crippen LogP contribution in [0.15, 0.2) is 22.8 Å². The lowest BCUT2D eigenvalue weighted by molar-refractivity contribution is 0.207. The van der Waals surface area contributed by atoms with Crippen LogP contribution in [0, 0.1) is 5.41 Å². The maximum absolute atomic E-state index is 5.50. The summed E-state index contributed by atoms with van der Waals surface area (Å²) in [5.74, 6) is 1.10. The Morgan fingerprint density at radius 1 is 1.18 bits per heavy atom. The van der Waals surface area contributed by atoms with E-state index in [0.29, 0.717) is 5.41 Å². The average molecular weight is 237 g/mol. The van der Waals surface area contributed by atoms with Gasteiger partial charge in [-0.25, -0.2) is 0 Å². The number of hydrogen-bond donors (Lipinski definition) is 1. The van der Waals surface area contributed by atoms with Crippen molar-refractivity contribution in [1.29, 1.82) is 0 Å². The summed E-state index contributed by atoms with van der Waals surface area (Å²) in [6.45, 7) is 12.2. The largest absolute Gasteiger partial charge is 0.469 e. The summed E-state index contributed by atoms with van der Waals surface area (Å²) in [6.07, 6.45) is 5.14. The van der Waals surface area contributed by atoms with Gasteiger partial charge in [0.2, 0.25) is 0 Å². The predicted molar refractivity (Wildman–Crippen MR) is 73.2 cm³/mol. The molecule has 0 aromatic carbocycles. The van der Waals surface area contributed by atoms with Crippen molar-refractivity contribution in [1.82, 2.24) is 5.32 Å². The van der Waals surface area contributed by atoms with Gasteiger partial charge >= 0.3 is 0 Å². The van der Waals surface area contributed by atoms with Gasteiger partial charge in [0.05, 0.1) is 6.26 Å². The van der Waals surface area contributed by atoms with Crippen molar-refractivity contribution < 1.29 is 4.42 Å². The molecule has 17 heavy (non-hydrogen) atoms. The molecular weight excluding hydrogens is 210 g/mol. The topological polar surface area (TPSA) is 25.2 Å². The van der Waals surface area contributed by atoms with E-state index in [4.69, 9.17) is 4.42 Å². The molecule has 98 valence electrons. The first-order chi connectivity index (χ1) is 7.91. The molecule has 0 bridgehead atoms. The average Bonchev–Trinajstić information content (AvgIpc) is 2.76. The zero-order valence-electron chi connectivity index (χ0n) is 12.0. The molecule has 2 nitrogen and oxygen atoms in total. The highest BCUT2D eigenvalue weighted by atomic mass is 16.3. The zero-order valence-corrected chi connectivity index (χ0v) is 12.0. The molecule has 2 heteroatoms. The number of furan rings is 1. The molecule has 1 heterocycles. The SMILES string of the molecule is CCC(CC)(CNC(C)(C)C)Cc1ccco1. The predicted octanol–water partition coefficient (Wildman–Crippen LogP) is 4.02. The van der Waals surface area contributed by atoms with E-state index in [1.807, 2.05) is 6.07 Å². The number of nitrogens with one attached hydrogen (secondary N) is 1. The molecule has 0 fully saturated rings. The molecule has 0 aliphatic carbocycles. The molecule has 0 atom stereocenters. The monoisotopic (exact) mass is 237 g/mol. The molecule has 0 radical (unpaired) electrons. The molecule has 1 rings (SSSR count). The lowest BCUT2D eigenvalue weighted by Gasteiger charge is -2.35. The molecule has 0 aliphatic heterocycles. The van der Waals surface area contributed by atoms with Crippen molar-refractivity contribution in [2.75, 3.05) is 6.54 Å². The Kier molecular flexibility index (Phi) is 4.81. The molecule has 0 spiro atoms. The minimum Gasteiger partial charge on any atom is -0.469 e. The highest BCUT2D eigenvalue weighted by Crippen LogP contribution is 2.31.